The van der Waals surface area contributed by atoms with E-state index in [0.717, 1.165) is 19.3 Å². The molecule has 4 heteroatoms. The molecule has 0 aromatic carbocycles. The Morgan fingerprint density at radius 3 is 1.45 bits per heavy atom. The summed E-state index contributed by atoms with van der Waals surface area (Å²) in [5.41, 5.74) is -0.253. The molecule has 188 valence electrons. The van der Waals surface area contributed by atoms with Crippen molar-refractivity contribution in [3.63, 3.8) is 0 Å². The van der Waals surface area contributed by atoms with Crippen molar-refractivity contribution >= 4 is 0 Å². The Morgan fingerprint density at radius 1 is 0.645 bits per heavy atom. The third-order valence-electron chi connectivity index (χ3n) is 6.01. The fraction of sp³-hybridized carbons (Fsp3) is 1.00. The van der Waals surface area contributed by atoms with Gasteiger partial charge in [-0.15, -0.1) is 0 Å². The van der Waals surface area contributed by atoms with Gasteiger partial charge in [-0.2, -0.15) is 0 Å². The van der Waals surface area contributed by atoms with Gasteiger partial charge in [0.25, 0.3) is 0 Å². The van der Waals surface area contributed by atoms with Gasteiger partial charge in [0.05, 0.1) is 25.9 Å². The lowest BCUT2D eigenvalue weighted by Crippen LogP contribution is -2.41. The fourth-order valence-electron chi connectivity index (χ4n) is 5.26. The average molecular weight is 445 g/mol. The van der Waals surface area contributed by atoms with E-state index in [0.29, 0.717) is 25.7 Å². The van der Waals surface area contributed by atoms with Gasteiger partial charge in [-0.3, -0.25) is 0 Å². The molecule has 0 aromatic heterocycles. The first-order valence-corrected chi connectivity index (χ1v) is 12.2. The van der Waals surface area contributed by atoms with Crippen LogP contribution in [0.3, 0.4) is 0 Å². The number of rotatable bonds is 16. The molecule has 0 fully saturated rings. The smallest absolute Gasteiger partial charge is 0.0859 e. The summed E-state index contributed by atoms with van der Waals surface area (Å²) >= 11 is 0. The lowest BCUT2D eigenvalue weighted by atomic mass is 9.75. The van der Waals surface area contributed by atoms with Gasteiger partial charge in [-0.25, -0.2) is 0 Å². The standard InChI is InChI=1S/C27H56O4/c1-21(2)13-27(11,12)22(31-20-26(9,10)16-24(5,6)18-29)14-30-19-25(7,8)15-23(3,4)17-28/h21-22,28-29H,13-20H2,1-12H3. The first-order chi connectivity index (χ1) is 13.8. The molecule has 0 heterocycles. The largest absolute Gasteiger partial charge is 0.396 e. The van der Waals surface area contributed by atoms with E-state index in [1.54, 1.807) is 0 Å². The van der Waals surface area contributed by atoms with Gasteiger partial charge in [0, 0.05) is 13.2 Å². The summed E-state index contributed by atoms with van der Waals surface area (Å²) < 4.78 is 12.8. The minimum atomic E-state index is -0.115. The maximum Gasteiger partial charge on any atom is 0.0859 e. The van der Waals surface area contributed by atoms with Crippen LogP contribution >= 0.6 is 0 Å². The van der Waals surface area contributed by atoms with Gasteiger partial charge in [-0.05, 0) is 52.3 Å². The Kier molecular flexibility index (Phi) is 11.8. The van der Waals surface area contributed by atoms with Crippen molar-refractivity contribution in [2.24, 2.45) is 33.0 Å². The SMILES string of the molecule is CC(C)CC(C)(C)C(COCC(C)(C)CC(C)(C)CO)OCC(C)(C)CC(C)(C)CO. The number of hydrogen-bond donors (Lipinski definition) is 2. The Balaban J connectivity index is 5.17. The Hall–Kier alpha value is -0.160. The van der Waals surface area contributed by atoms with E-state index in [1.807, 2.05) is 0 Å². The number of hydrogen-bond acceptors (Lipinski definition) is 4. The molecule has 0 aliphatic heterocycles. The van der Waals surface area contributed by atoms with Crippen LogP contribution in [0.25, 0.3) is 0 Å². The third-order valence-corrected chi connectivity index (χ3v) is 6.01. The van der Waals surface area contributed by atoms with Crippen LogP contribution in [-0.4, -0.2) is 49.4 Å². The molecule has 0 saturated heterocycles. The Morgan fingerprint density at radius 2 is 1.06 bits per heavy atom. The fourth-order valence-corrected chi connectivity index (χ4v) is 5.26. The van der Waals surface area contributed by atoms with Crippen LogP contribution in [0.15, 0.2) is 0 Å². The van der Waals surface area contributed by atoms with Crippen molar-refractivity contribution in [3.8, 4) is 0 Å². The highest BCUT2D eigenvalue weighted by atomic mass is 16.5. The van der Waals surface area contributed by atoms with E-state index in [9.17, 15) is 10.2 Å². The van der Waals surface area contributed by atoms with Crippen LogP contribution in [0, 0.1) is 33.0 Å². The van der Waals surface area contributed by atoms with E-state index in [-0.39, 0.29) is 46.4 Å². The predicted molar refractivity (Wildman–Crippen MR) is 132 cm³/mol. The first-order valence-electron chi connectivity index (χ1n) is 12.2. The minimum Gasteiger partial charge on any atom is -0.396 e. The van der Waals surface area contributed by atoms with Crippen molar-refractivity contribution in [1.82, 2.24) is 0 Å². The van der Waals surface area contributed by atoms with Crippen LogP contribution < -0.4 is 0 Å². The second kappa shape index (κ2) is 11.8. The molecule has 0 radical (unpaired) electrons. The van der Waals surface area contributed by atoms with Crippen LogP contribution in [0.1, 0.15) is 102 Å². The summed E-state index contributed by atoms with van der Waals surface area (Å²) in [5, 5.41) is 19.3. The van der Waals surface area contributed by atoms with Gasteiger partial charge in [0.1, 0.15) is 0 Å². The number of aliphatic hydroxyl groups excluding tert-OH is 2. The van der Waals surface area contributed by atoms with Crippen molar-refractivity contribution in [2.45, 2.75) is 108 Å². The van der Waals surface area contributed by atoms with E-state index in [4.69, 9.17) is 9.47 Å². The quantitative estimate of drug-likeness (QED) is 0.292. The monoisotopic (exact) mass is 444 g/mol. The summed E-state index contributed by atoms with van der Waals surface area (Å²) in [6.45, 7) is 28.6. The first kappa shape index (κ1) is 30.8. The van der Waals surface area contributed by atoms with Crippen molar-refractivity contribution < 1.29 is 19.7 Å². The second-order valence-electron chi connectivity index (χ2n) is 14.2. The molecule has 31 heavy (non-hydrogen) atoms. The highest BCUT2D eigenvalue weighted by molar-refractivity contribution is 4.84. The summed E-state index contributed by atoms with van der Waals surface area (Å²) in [6.07, 6.45) is 2.89. The second-order valence-corrected chi connectivity index (χ2v) is 14.2. The molecule has 0 rings (SSSR count). The highest BCUT2D eigenvalue weighted by Gasteiger charge is 2.36. The molecule has 1 atom stereocenters. The molecule has 0 amide bonds. The van der Waals surface area contributed by atoms with Gasteiger partial charge < -0.3 is 19.7 Å². The zero-order valence-corrected chi connectivity index (χ0v) is 23.0. The van der Waals surface area contributed by atoms with Crippen molar-refractivity contribution in [1.29, 1.82) is 0 Å². The van der Waals surface area contributed by atoms with Gasteiger partial charge in [0.15, 0.2) is 0 Å². The molecular formula is C27H56O4. The summed E-state index contributed by atoms with van der Waals surface area (Å²) in [5.74, 6) is 0.587. The zero-order valence-electron chi connectivity index (χ0n) is 23.0. The highest BCUT2D eigenvalue weighted by Crippen LogP contribution is 2.38. The van der Waals surface area contributed by atoms with Crippen LogP contribution in [0.5, 0.6) is 0 Å². The van der Waals surface area contributed by atoms with Gasteiger partial charge >= 0.3 is 0 Å². The maximum absolute atomic E-state index is 9.68. The van der Waals surface area contributed by atoms with E-state index < -0.39 is 0 Å². The van der Waals surface area contributed by atoms with Crippen molar-refractivity contribution in [3.05, 3.63) is 0 Å². The molecule has 0 spiro atoms. The maximum atomic E-state index is 9.68. The zero-order chi connectivity index (χ0) is 24.7. The number of ether oxygens (including phenoxy) is 2. The van der Waals surface area contributed by atoms with Crippen molar-refractivity contribution in [2.75, 3.05) is 33.0 Å². The average Bonchev–Trinajstić information content (AvgIpc) is 2.54. The molecule has 1 unspecified atom stereocenters. The number of aliphatic hydroxyl groups is 2. The minimum absolute atomic E-state index is 0.00521. The molecular weight excluding hydrogens is 388 g/mol. The Labute approximate surface area is 194 Å². The topological polar surface area (TPSA) is 58.9 Å². The Bertz CT molecular complexity index is 503. The van der Waals surface area contributed by atoms with Crippen LogP contribution in [0.2, 0.25) is 0 Å². The van der Waals surface area contributed by atoms with E-state index >= 15 is 0 Å². The molecule has 0 bridgehead atoms. The lowest BCUT2D eigenvalue weighted by molar-refractivity contribution is -0.115. The predicted octanol–water partition coefficient (Wildman–Crippen LogP) is 6.33. The third kappa shape index (κ3) is 13.2. The molecule has 2 N–H and O–H groups in total. The molecule has 0 saturated carbocycles. The van der Waals surface area contributed by atoms with Gasteiger partial charge in [-0.1, -0.05) is 83.1 Å². The summed E-state index contributed by atoms with van der Waals surface area (Å²) in [4.78, 5) is 0. The van der Waals surface area contributed by atoms with Crippen LogP contribution in [-0.2, 0) is 9.47 Å². The normalized spacial score (nSPS) is 15.6. The molecule has 0 aliphatic rings. The summed E-state index contributed by atoms with van der Waals surface area (Å²) in [6, 6.07) is 0. The lowest BCUT2D eigenvalue weighted by Gasteiger charge is -2.40. The van der Waals surface area contributed by atoms with E-state index in [2.05, 4.69) is 83.1 Å². The molecule has 0 aliphatic carbocycles. The molecule has 4 nitrogen and oxygen atoms in total. The molecule has 0 aromatic rings. The van der Waals surface area contributed by atoms with E-state index in [1.165, 1.54) is 0 Å². The van der Waals surface area contributed by atoms with Crippen LogP contribution in [0.4, 0.5) is 0 Å². The van der Waals surface area contributed by atoms with Gasteiger partial charge in [0.2, 0.25) is 0 Å². The summed E-state index contributed by atoms with van der Waals surface area (Å²) in [7, 11) is 0.